The summed E-state index contributed by atoms with van der Waals surface area (Å²) < 4.78 is 32.5. The summed E-state index contributed by atoms with van der Waals surface area (Å²) in [4.78, 5) is 14.2. The molecular weight excluding hydrogens is 318 g/mol. The molecule has 23 heavy (non-hydrogen) atoms. The van der Waals surface area contributed by atoms with E-state index in [1.54, 1.807) is 36.3 Å². The molecule has 0 bridgehead atoms. The Morgan fingerprint density at radius 1 is 1.22 bits per heavy atom. The summed E-state index contributed by atoms with van der Waals surface area (Å²) in [6.07, 6.45) is 1.21. The van der Waals surface area contributed by atoms with Gasteiger partial charge in [-0.1, -0.05) is 0 Å². The highest BCUT2D eigenvalue weighted by atomic mass is 32.2. The van der Waals surface area contributed by atoms with E-state index < -0.39 is 10.2 Å². The second-order valence-corrected chi connectivity index (χ2v) is 7.62. The van der Waals surface area contributed by atoms with E-state index in [1.165, 1.54) is 14.1 Å². The molecule has 2 rings (SSSR count). The number of hydrogen-bond acceptors (Lipinski definition) is 4. The molecule has 1 aliphatic heterocycles. The number of methoxy groups -OCH3 is 1. The first-order valence-electron chi connectivity index (χ1n) is 7.46. The Morgan fingerprint density at radius 2 is 1.78 bits per heavy atom. The van der Waals surface area contributed by atoms with Crippen molar-refractivity contribution in [1.29, 1.82) is 0 Å². The van der Waals surface area contributed by atoms with Crippen LogP contribution < -0.4 is 9.46 Å². The molecule has 128 valence electrons. The number of nitrogens with one attached hydrogen (secondary N) is 1. The van der Waals surface area contributed by atoms with E-state index in [-0.39, 0.29) is 11.9 Å². The van der Waals surface area contributed by atoms with Gasteiger partial charge in [0.15, 0.2) is 0 Å². The monoisotopic (exact) mass is 341 g/mol. The Kier molecular flexibility index (Phi) is 5.61. The van der Waals surface area contributed by atoms with E-state index >= 15 is 0 Å². The van der Waals surface area contributed by atoms with Gasteiger partial charge >= 0.3 is 0 Å². The van der Waals surface area contributed by atoms with Crippen LogP contribution in [0, 0.1) is 0 Å². The summed E-state index contributed by atoms with van der Waals surface area (Å²) in [6.45, 7) is 1.07. The van der Waals surface area contributed by atoms with Crippen LogP contribution in [0.15, 0.2) is 24.3 Å². The number of piperidine rings is 1. The second-order valence-electron chi connectivity index (χ2n) is 5.70. The van der Waals surface area contributed by atoms with Crippen LogP contribution in [0.25, 0.3) is 0 Å². The van der Waals surface area contributed by atoms with E-state index in [2.05, 4.69) is 4.72 Å². The minimum Gasteiger partial charge on any atom is -0.497 e. The fourth-order valence-corrected chi connectivity index (χ4v) is 3.30. The van der Waals surface area contributed by atoms with E-state index in [0.717, 1.165) is 4.31 Å². The predicted octanol–water partition coefficient (Wildman–Crippen LogP) is 0.696. The highest BCUT2D eigenvalue weighted by Crippen LogP contribution is 2.17. The van der Waals surface area contributed by atoms with Crippen molar-refractivity contribution >= 4 is 16.1 Å². The highest BCUT2D eigenvalue weighted by molar-refractivity contribution is 7.87. The molecule has 8 heteroatoms. The lowest BCUT2D eigenvalue weighted by Crippen LogP contribution is -2.49. The minimum absolute atomic E-state index is 0.0402. The number of benzene rings is 1. The number of ether oxygens (including phenoxy) is 1. The fraction of sp³-hybridized carbons (Fsp3) is 0.533. The lowest BCUT2D eigenvalue weighted by molar-refractivity contribution is 0.0711. The lowest BCUT2D eigenvalue weighted by Gasteiger charge is -2.32. The first kappa shape index (κ1) is 17.7. The van der Waals surface area contributed by atoms with Crippen LogP contribution in [-0.2, 0) is 10.2 Å². The maximum atomic E-state index is 12.4. The summed E-state index contributed by atoms with van der Waals surface area (Å²) in [5, 5.41) is 0. The maximum absolute atomic E-state index is 12.4. The largest absolute Gasteiger partial charge is 0.497 e. The average Bonchev–Trinajstić information content (AvgIpc) is 2.54. The van der Waals surface area contributed by atoms with Crippen LogP contribution in [-0.4, -0.2) is 63.9 Å². The Morgan fingerprint density at radius 3 is 2.26 bits per heavy atom. The maximum Gasteiger partial charge on any atom is 0.279 e. The summed E-state index contributed by atoms with van der Waals surface area (Å²) in [6, 6.07) is 6.85. The summed E-state index contributed by atoms with van der Waals surface area (Å²) in [5.74, 6) is 0.667. The molecular formula is C15H23N3O4S. The van der Waals surface area contributed by atoms with Crippen molar-refractivity contribution < 1.29 is 17.9 Å². The molecule has 1 amide bonds. The number of hydrogen-bond donors (Lipinski definition) is 1. The molecule has 1 fully saturated rings. The Bertz CT molecular complexity index is 635. The topological polar surface area (TPSA) is 79.0 Å². The molecule has 0 radical (unpaired) electrons. The van der Waals surface area contributed by atoms with Gasteiger partial charge < -0.3 is 9.64 Å². The van der Waals surface area contributed by atoms with Gasteiger partial charge in [0, 0.05) is 38.8 Å². The molecule has 1 aromatic rings. The standard InChI is InChI=1S/C15H23N3O4S/c1-17(2)23(20,21)16-13-8-10-18(11-9-13)15(19)12-4-6-14(22-3)7-5-12/h4-7,13,16H,8-11H2,1-3H3. The Labute approximate surface area is 137 Å². The molecule has 7 nitrogen and oxygen atoms in total. The van der Waals surface area contributed by atoms with Crippen LogP contribution in [0.3, 0.4) is 0 Å². The van der Waals surface area contributed by atoms with E-state index in [1.807, 2.05) is 0 Å². The molecule has 0 aromatic heterocycles. The summed E-state index contributed by atoms with van der Waals surface area (Å²) >= 11 is 0. The van der Waals surface area contributed by atoms with Crippen molar-refractivity contribution in [2.24, 2.45) is 0 Å². The molecule has 0 aliphatic carbocycles. The van der Waals surface area contributed by atoms with Gasteiger partial charge in [0.1, 0.15) is 5.75 Å². The van der Waals surface area contributed by atoms with Gasteiger partial charge in [0.2, 0.25) is 0 Å². The smallest absolute Gasteiger partial charge is 0.279 e. The Balaban J connectivity index is 1.92. The molecule has 1 aliphatic rings. The average molecular weight is 341 g/mol. The number of rotatable bonds is 5. The van der Waals surface area contributed by atoms with Gasteiger partial charge in [0.25, 0.3) is 16.1 Å². The van der Waals surface area contributed by atoms with Crippen LogP contribution in [0.2, 0.25) is 0 Å². The Hall–Kier alpha value is -1.64. The molecule has 0 saturated carbocycles. The number of carbonyl (C=O) groups is 1. The molecule has 1 heterocycles. The van der Waals surface area contributed by atoms with Gasteiger partial charge in [-0.3, -0.25) is 4.79 Å². The first-order valence-corrected chi connectivity index (χ1v) is 8.90. The molecule has 1 N–H and O–H groups in total. The van der Waals surface area contributed by atoms with Gasteiger partial charge in [-0.2, -0.15) is 17.4 Å². The number of nitrogens with zero attached hydrogens (tertiary/aromatic N) is 2. The normalized spacial score (nSPS) is 16.6. The molecule has 0 unspecified atom stereocenters. The quantitative estimate of drug-likeness (QED) is 0.855. The number of amides is 1. The molecule has 1 aromatic carbocycles. The van der Waals surface area contributed by atoms with Crippen LogP contribution in [0.4, 0.5) is 0 Å². The third-order valence-corrected chi connectivity index (χ3v) is 5.51. The minimum atomic E-state index is -3.43. The number of carbonyl (C=O) groups excluding carboxylic acids is 1. The predicted molar refractivity (Wildman–Crippen MR) is 87.7 cm³/mol. The molecule has 1 saturated heterocycles. The zero-order valence-corrected chi connectivity index (χ0v) is 14.5. The highest BCUT2D eigenvalue weighted by Gasteiger charge is 2.27. The van der Waals surface area contributed by atoms with Gasteiger partial charge in [-0.15, -0.1) is 0 Å². The fourth-order valence-electron chi connectivity index (χ4n) is 2.43. The third-order valence-electron chi connectivity index (χ3n) is 3.92. The van der Waals surface area contributed by atoms with Crippen molar-refractivity contribution in [2.45, 2.75) is 18.9 Å². The van der Waals surface area contributed by atoms with Gasteiger partial charge in [-0.25, -0.2) is 0 Å². The van der Waals surface area contributed by atoms with Crippen LogP contribution in [0.5, 0.6) is 5.75 Å². The SMILES string of the molecule is COc1ccc(C(=O)N2CCC(NS(=O)(=O)N(C)C)CC2)cc1. The van der Waals surface area contributed by atoms with Gasteiger partial charge in [0.05, 0.1) is 7.11 Å². The zero-order valence-electron chi connectivity index (χ0n) is 13.7. The molecule has 0 atom stereocenters. The van der Waals surface area contributed by atoms with Crippen molar-refractivity contribution in [2.75, 3.05) is 34.3 Å². The van der Waals surface area contributed by atoms with E-state index in [9.17, 15) is 13.2 Å². The van der Waals surface area contributed by atoms with Crippen molar-refractivity contribution in [3.8, 4) is 5.75 Å². The summed E-state index contributed by atoms with van der Waals surface area (Å²) in [5.41, 5.74) is 0.609. The van der Waals surface area contributed by atoms with Crippen molar-refractivity contribution in [3.05, 3.63) is 29.8 Å². The van der Waals surface area contributed by atoms with Gasteiger partial charge in [-0.05, 0) is 37.1 Å². The van der Waals surface area contributed by atoms with Crippen molar-refractivity contribution in [1.82, 2.24) is 13.9 Å². The van der Waals surface area contributed by atoms with E-state index in [4.69, 9.17) is 4.74 Å². The van der Waals surface area contributed by atoms with Crippen LogP contribution >= 0.6 is 0 Å². The second kappa shape index (κ2) is 7.29. The zero-order chi connectivity index (χ0) is 17.0. The lowest BCUT2D eigenvalue weighted by atomic mass is 10.0. The summed E-state index contributed by atoms with van der Waals surface area (Å²) in [7, 11) is 1.13. The van der Waals surface area contributed by atoms with Crippen molar-refractivity contribution in [3.63, 3.8) is 0 Å². The number of likely N-dealkylation sites (tertiary alicyclic amines) is 1. The first-order chi connectivity index (χ1) is 10.8. The molecule has 0 spiro atoms. The van der Waals surface area contributed by atoms with E-state index in [0.29, 0.717) is 37.2 Å². The van der Waals surface area contributed by atoms with Crippen LogP contribution in [0.1, 0.15) is 23.2 Å². The third kappa shape index (κ3) is 4.43.